The summed E-state index contributed by atoms with van der Waals surface area (Å²) in [6, 6.07) is 13.5. The van der Waals surface area contributed by atoms with Crippen molar-refractivity contribution in [2.45, 2.75) is 18.6 Å². The number of hydrogen-bond donors (Lipinski definition) is 0. The smallest absolute Gasteiger partial charge is 0.272 e. The molecule has 170 valence electrons. The minimum Gasteiger partial charge on any atom is -0.347 e. The molecule has 2 fully saturated rings. The predicted molar refractivity (Wildman–Crippen MR) is 115 cm³/mol. The Balaban J connectivity index is 1.53. The van der Waals surface area contributed by atoms with E-state index in [-0.39, 0.29) is 28.5 Å². The minimum atomic E-state index is -0.630. The number of hydrogen-bond acceptors (Lipinski definition) is 6. The fourth-order valence-corrected chi connectivity index (χ4v) is 4.27. The number of nitrogens with zero attached hydrogens (tertiary/aromatic N) is 4. The largest absolute Gasteiger partial charge is 0.347 e. The molecule has 0 bridgehead atoms. The molecule has 0 atom stereocenters. The highest BCUT2D eigenvalue weighted by Crippen LogP contribution is 2.33. The fourth-order valence-electron chi connectivity index (χ4n) is 4.27. The Labute approximate surface area is 188 Å². The molecule has 1 aromatic heterocycles. The molecular formula is C23H21FN4O5. The van der Waals surface area contributed by atoms with Gasteiger partial charge in [-0.1, -0.05) is 18.2 Å². The number of carbonyl (C=O) groups excluding carboxylic acids is 1. The number of ether oxygens (including phenoxy) is 2. The molecule has 0 saturated carbocycles. The van der Waals surface area contributed by atoms with Gasteiger partial charge in [0.1, 0.15) is 11.5 Å². The lowest BCUT2D eigenvalue weighted by molar-refractivity contribution is -0.384. The lowest BCUT2D eigenvalue weighted by Gasteiger charge is -2.37. The molecule has 3 heterocycles. The zero-order chi connectivity index (χ0) is 23.0. The third-order valence-electron chi connectivity index (χ3n) is 5.99. The Morgan fingerprint density at radius 1 is 1.06 bits per heavy atom. The molecular weight excluding hydrogens is 431 g/mol. The number of halogens is 1. The number of piperidine rings is 1. The Bertz CT molecular complexity index is 1210. The molecule has 0 N–H and O–H groups in total. The van der Waals surface area contributed by atoms with Gasteiger partial charge in [0.05, 0.1) is 29.5 Å². The van der Waals surface area contributed by atoms with Crippen molar-refractivity contribution in [1.29, 1.82) is 0 Å². The highest BCUT2D eigenvalue weighted by molar-refractivity contribution is 5.94. The van der Waals surface area contributed by atoms with Gasteiger partial charge in [-0.15, -0.1) is 0 Å². The lowest BCUT2D eigenvalue weighted by atomic mass is 10.0. The topological polar surface area (TPSA) is 99.7 Å². The average molecular weight is 452 g/mol. The van der Waals surface area contributed by atoms with E-state index in [0.717, 1.165) is 0 Å². The quantitative estimate of drug-likeness (QED) is 0.443. The average Bonchev–Trinajstić information content (AvgIpc) is 3.47. The molecule has 3 aromatic rings. The van der Waals surface area contributed by atoms with Crippen LogP contribution in [-0.4, -0.2) is 57.6 Å². The van der Waals surface area contributed by atoms with Crippen LogP contribution < -0.4 is 0 Å². The molecule has 0 unspecified atom stereocenters. The monoisotopic (exact) mass is 452 g/mol. The van der Waals surface area contributed by atoms with Gasteiger partial charge in [0.15, 0.2) is 5.79 Å². The molecule has 2 aromatic carbocycles. The van der Waals surface area contributed by atoms with Crippen LogP contribution in [0.5, 0.6) is 0 Å². The molecule has 1 amide bonds. The van der Waals surface area contributed by atoms with Crippen LogP contribution in [0.25, 0.3) is 16.9 Å². The Morgan fingerprint density at radius 3 is 2.48 bits per heavy atom. The van der Waals surface area contributed by atoms with Crippen molar-refractivity contribution in [2.24, 2.45) is 0 Å². The number of likely N-dealkylation sites (tertiary alicyclic amines) is 1. The highest BCUT2D eigenvalue weighted by atomic mass is 19.1. The van der Waals surface area contributed by atoms with Gasteiger partial charge < -0.3 is 14.4 Å². The zero-order valence-corrected chi connectivity index (χ0v) is 17.6. The van der Waals surface area contributed by atoms with Crippen LogP contribution in [0.15, 0.2) is 54.6 Å². The van der Waals surface area contributed by atoms with Crippen molar-refractivity contribution in [3.05, 3.63) is 76.2 Å². The molecule has 5 rings (SSSR count). The molecule has 2 saturated heterocycles. The van der Waals surface area contributed by atoms with Gasteiger partial charge >= 0.3 is 0 Å². The van der Waals surface area contributed by atoms with E-state index >= 15 is 0 Å². The number of aromatic nitrogens is 2. The summed E-state index contributed by atoms with van der Waals surface area (Å²) in [5.74, 6) is -1.41. The first-order valence-corrected chi connectivity index (χ1v) is 10.6. The molecule has 2 aliphatic heterocycles. The summed E-state index contributed by atoms with van der Waals surface area (Å²) in [5, 5.41) is 15.7. The molecule has 0 aliphatic carbocycles. The first kappa shape index (κ1) is 21.2. The molecule has 9 nitrogen and oxygen atoms in total. The van der Waals surface area contributed by atoms with E-state index in [4.69, 9.17) is 9.47 Å². The van der Waals surface area contributed by atoms with E-state index in [9.17, 15) is 19.3 Å². The number of nitro benzene ring substituents is 1. The van der Waals surface area contributed by atoms with E-state index < -0.39 is 16.5 Å². The third kappa shape index (κ3) is 3.98. The van der Waals surface area contributed by atoms with E-state index in [1.165, 1.54) is 35.0 Å². The van der Waals surface area contributed by atoms with Crippen molar-refractivity contribution in [1.82, 2.24) is 14.7 Å². The SMILES string of the molecule is O=C(c1cc(-c2ccccc2F)nn1-c1cccc([N+](=O)[O-])c1)N1CCC2(CC1)OCCO2. The lowest BCUT2D eigenvalue weighted by Crippen LogP contribution is -2.47. The van der Waals surface area contributed by atoms with Crippen LogP contribution in [0.1, 0.15) is 23.3 Å². The van der Waals surface area contributed by atoms with Gasteiger partial charge in [-0.05, 0) is 24.3 Å². The molecule has 33 heavy (non-hydrogen) atoms. The standard InChI is InChI=1S/C23H21FN4O5/c24-19-7-2-1-6-18(19)20-15-21(27(25-20)16-4-3-5-17(14-16)28(30)31)22(29)26-10-8-23(9-11-26)32-12-13-33-23/h1-7,14-15H,8-13H2. The Kier molecular flexibility index (Phi) is 5.39. The van der Waals surface area contributed by atoms with E-state index in [0.29, 0.717) is 44.8 Å². The molecule has 10 heteroatoms. The van der Waals surface area contributed by atoms with Crippen LogP contribution in [0.4, 0.5) is 10.1 Å². The second-order valence-corrected chi connectivity index (χ2v) is 7.98. The fraction of sp³-hybridized carbons (Fsp3) is 0.304. The normalized spacial score (nSPS) is 17.4. The highest BCUT2D eigenvalue weighted by Gasteiger charge is 2.41. The zero-order valence-electron chi connectivity index (χ0n) is 17.6. The van der Waals surface area contributed by atoms with E-state index in [1.54, 1.807) is 29.2 Å². The molecule has 0 radical (unpaired) electrons. The van der Waals surface area contributed by atoms with Crippen LogP contribution in [0, 0.1) is 15.9 Å². The van der Waals surface area contributed by atoms with Crippen molar-refractivity contribution >= 4 is 11.6 Å². The van der Waals surface area contributed by atoms with Crippen molar-refractivity contribution in [3.63, 3.8) is 0 Å². The van der Waals surface area contributed by atoms with Crippen LogP contribution in [-0.2, 0) is 9.47 Å². The van der Waals surface area contributed by atoms with Crippen LogP contribution in [0.3, 0.4) is 0 Å². The van der Waals surface area contributed by atoms with E-state index in [2.05, 4.69) is 5.10 Å². The Morgan fingerprint density at radius 2 is 1.79 bits per heavy atom. The molecule has 2 aliphatic rings. The number of amides is 1. The van der Waals surface area contributed by atoms with Gasteiger partial charge in [0.25, 0.3) is 11.6 Å². The van der Waals surface area contributed by atoms with Gasteiger partial charge in [0, 0.05) is 43.6 Å². The van der Waals surface area contributed by atoms with Crippen molar-refractivity contribution in [2.75, 3.05) is 26.3 Å². The maximum Gasteiger partial charge on any atom is 0.272 e. The summed E-state index contributed by atoms with van der Waals surface area (Å²) in [6.45, 7) is 1.93. The summed E-state index contributed by atoms with van der Waals surface area (Å²) in [6.07, 6.45) is 1.09. The first-order valence-electron chi connectivity index (χ1n) is 10.6. The van der Waals surface area contributed by atoms with Crippen LogP contribution >= 0.6 is 0 Å². The number of nitro groups is 1. The van der Waals surface area contributed by atoms with Gasteiger partial charge in [-0.2, -0.15) is 5.10 Å². The second kappa shape index (κ2) is 8.38. The third-order valence-corrected chi connectivity index (χ3v) is 5.99. The first-order chi connectivity index (χ1) is 16.0. The number of non-ortho nitro benzene ring substituents is 1. The number of benzene rings is 2. The van der Waals surface area contributed by atoms with E-state index in [1.807, 2.05) is 0 Å². The summed E-state index contributed by atoms with van der Waals surface area (Å²) in [4.78, 5) is 25.9. The van der Waals surface area contributed by atoms with Gasteiger partial charge in [0.2, 0.25) is 0 Å². The maximum atomic E-state index is 14.5. The number of carbonyl (C=O) groups is 1. The van der Waals surface area contributed by atoms with Crippen molar-refractivity contribution in [3.8, 4) is 16.9 Å². The van der Waals surface area contributed by atoms with Crippen LogP contribution in [0.2, 0.25) is 0 Å². The molecule has 1 spiro atoms. The maximum absolute atomic E-state index is 14.5. The summed E-state index contributed by atoms with van der Waals surface area (Å²) < 4.78 is 27.3. The van der Waals surface area contributed by atoms with Crippen molar-refractivity contribution < 1.29 is 23.6 Å². The second-order valence-electron chi connectivity index (χ2n) is 7.98. The van der Waals surface area contributed by atoms with Gasteiger partial charge in [-0.25, -0.2) is 9.07 Å². The summed E-state index contributed by atoms with van der Waals surface area (Å²) in [5.41, 5.74) is 0.897. The minimum absolute atomic E-state index is 0.135. The summed E-state index contributed by atoms with van der Waals surface area (Å²) >= 11 is 0. The van der Waals surface area contributed by atoms with Gasteiger partial charge in [-0.3, -0.25) is 14.9 Å². The predicted octanol–water partition coefficient (Wildman–Crippen LogP) is 3.57. The number of rotatable bonds is 4. The summed E-state index contributed by atoms with van der Waals surface area (Å²) in [7, 11) is 0. The Hall–Kier alpha value is -3.63.